The van der Waals surface area contributed by atoms with E-state index in [1.165, 1.54) is 10.5 Å². The fraction of sp³-hybridized carbons (Fsp3) is 0.235. The molecule has 4 heteroatoms. The molecule has 1 aromatic heterocycles. The van der Waals surface area contributed by atoms with Crippen LogP contribution in [0.15, 0.2) is 58.6 Å². The quantitative estimate of drug-likeness (QED) is 0.734. The second-order valence-electron chi connectivity index (χ2n) is 4.95. The molecule has 108 valence electrons. The highest BCUT2D eigenvalue weighted by atomic mass is 32.2. The van der Waals surface area contributed by atoms with Gasteiger partial charge in [0.1, 0.15) is 0 Å². The molecule has 0 radical (unpaired) electrons. The van der Waals surface area contributed by atoms with Crippen molar-refractivity contribution in [3.05, 3.63) is 54.1 Å². The van der Waals surface area contributed by atoms with Crippen LogP contribution in [0.25, 0.3) is 11.0 Å². The summed E-state index contributed by atoms with van der Waals surface area (Å²) in [5.41, 5.74) is 3.42. The van der Waals surface area contributed by atoms with Crippen LogP contribution in [-0.2, 0) is 0 Å². The van der Waals surface area contributed by atoms with E-state index in [-0.39, 0.29) is 0 Å². The lowest BCUT2D eigenvalue weighted by molar-refractivity contribution is 0.568. The second kappa shape index (κ2) is 6.33. The second-order valence-corrected chi connectivity index (χ2v) is 5.98. The Morgan fingerprint density at radius 1 is 1.14 bits per heavy atom. The lowest BCUT2D eigenvalue weighted by Gasteiger charge is -2.17. The summed E-state index contributed by atoms with van der Waals surface area (Å²) in [4.78, 5) is 9.27. The Hall–Kier alpha value is -1.78. The van der Waals surface area contributed by atoms with Gasteiger partial charge in [-0.05, 0) is 37.2 Å². The van der Waals surface area contributed by atoms with Gasteiger partial charge in [0.15, 0.2) is 5.16 Å². The number of hydrogen-bond acceptors (Lipinski definition) is 3. The fourth-order valence-electron chi connectivity index (χ4n) is 2.52. The average Bonchev–Trinajstić information content (AvgIpc) is 2.92. The van der Waals surface area contributed by atoms with Crippen molar-refractivity contribution in [3.63, 3.8) is 0 Å². The van der Waals surface area contributed by atoms with Crippen molar-refractivity contribution in [1.82, 2.24) is 15.3 Å². The number of nitrogens with zero attached hydrogens (tertiary/aromatic N) is 1. The molecule has 1 atom stereocenters. The summed E-state index contributed by atoms with van der Waals surface area (Å²) < 4.78 is 0. The van der Waals surface area contributed by atoms with E-state index in [2.05, 4.69) is 52.5 Å². The van der Waals surface area contributed by atoms with Crippen LogP contribution in [0.3, 0.4) is 0 Å². The fourth-order valence-corrected chi connectivity index (χ4v) is 3.51. The summed E-state index contributed by atoms with van der Waals surface area (Å²) in [7, 11) is 2.01. The summed E-state index contributed by atoms with van der Waals surface area (Å²) >= 11 is 1.69. The molecular weight excluding hydrogens is 278 g/mol. The first-order valence-corrected chi connectivity index (χ1v) is 8.02. The van der Waals surface area contributed by atoms with Crippen LogP contribution in [-0.4, -0.2) is 17.0 Å². The van der Waals surface area contributed by atoms with Gasteiger partial charge >= 0.3 is 0 Å². The highest BCUT2D eigenvalue weighted by Gasteiger charge is 2.13. The van der Waals surface area contributed by atoms with Crippen molar-refractivity contribution in [2.24, 2.45) is 0 Å². The molecule has 0 fully saturated rings. The zero-order valence-electron chi connectivity index (χ0n) is 12.3. The van der Waals surface area contributed by atoms with Crippen molar-refractivity contribution in [1.29, 1.82) is 0 Å². The van der Waals surface area contributed by atoms with Crippen molar-refractivity contribution >= 4 is 22.8 Å². The molecule has 0 bridgehead atoms. The molecule has 0 aliphatic heterocycles. The van der Waals surface area contributed by atoms with Gasteiger partial charge in [-0.2, -0.15) is 0 Å². The third-order valence-electron chi connectivity index (χ3n) is 3.63. The highest BCUT2D eigenvalue weighted by Crippen LogP contribution is 2.33. The van der Waals surface area contributed by atoms with Crippen LogP contribution in [0, 0.1) is 0 Å². The first kappa shape index (κ1) is 14.2. The summed E-state index contributed by atoms with van der Waals surface area (Å²) in [6.07, 6.45) is 1.06. The molecule has 1 heterocycles. The monoisotopic (exact) mass is 297 g/mol. The molecule has 3 nitrogen and oxygen atoms in total. The number of aromatic amines is 1. The lowest BCUT2D eigenvalue weighted by Crippen LogP contribution is -2.15. The van der Waals surface area contributed by atoms with Gasteiger partial charge in [-0.15, -0.1) is 0 Å². The summed E-state index contributed by atoms with van der Waals surface area (Å²) in [5, 5.41) is 4.32. The number of aromatic nitrogens is 2. The third kappa shape index (κ3) is 2.96. The maximum atomic E-state index is 4.65. The van der Waals surface area contributed by atoms with Crippen LogP contribution in [0.2, 0.25) is 0 Å². The summed E-state index contributed by atoms with van der Waals surface area (Å²) in [6.45, 7) is 2.20. The molecule has 3 aromatic rings. The van der Waals surface area contributed by atoms with Gasteiger partial charge in [0, 0.05) is 10.9 Å². The molecule has 2 N–H and O–H groups in total. The highest BCUT2D eigenvalue weighted by molar-refractivity contribution is 7.99. The number of nitrogens with one attached hydrogen (secondary N) is 2. The lowest BCUT2D eigenvalue weighted by atomic mass is 10.1. The molecular formula is C17H19N3S. The van der Waals surface area contributed by atoms with E-state index >= 15 is 0 Å². The van der Waals surface area contributed by atoms with Gasteiger partial charge < -0.3 is 10.3 Å². The van der Waals surface area contributed by atoms with Gasteiger partial charge in [-0.3, -0.25) is 0 Å². The predicted molar refractivity (Wildman–Crippen MR) is 88.8 cm³/mol. The Morgan fingerprint density at radius 2 is 1.90 bits per heavy atom. The zero-order valence-corrected chi connectivity index (χ0v) is 13.1. The predicted octanol–water partition coefficient (Wildman–Crippen LogP) is 4.38. The number of H-pyrrole nitrogens is 1. The van der Waals surface area contributed by atoms with Gasteiger partial charge in [-0.1, -0.05) is 49.0 Å². The van der Waals surface area contributed by atoms with Crippen LogP contribution in [0.5, 0.6) is 0 Å². The standard InChI is InChI=1S/C17H19N3S/c1-3-13(18-2)12-8-4-7-11-16(12)21-17-19-14-9-5-6-10-15(14)20-17/h4-11,13,18H,3H2,1-2H3,(H,19,20). The maximum absolute atomic E-state index is 4.65. The first-order valence-electron chi connectivity index (χ1n) is 7.20. The van der Waals surface area contributed by atoms with Crippen molar-refractivity contribution in [2.75, 3.05) is 7.05 Å². The van der Waals surface area contributed by atoms with Crippen molar-refractivity contribution in [2.45, 2.75) is 29.4 Å². The maximum Gasteiger partial charge on any atom is 0.171 e. The topological polar surface area (TPSA) is 40.7 Å². The van der Waals surface area contributed by atoms with E-state index in [9.17, 15) is 0 Å². The van der Waals surface area contributed by atoms with Gasteiger partial charge in [-0.25, -0.2) is 4.98 Å². The molecule has 3 rings (SSSR count). The van der Waals surface area contributed by atoms with E-state index in [0.717, 1.165) is 22.6 Å². The summed E-state index contributed by atoms with van der Waals surface area (Å²) in [5.74, 6) is 0. The Kier molecular flexibility index (Phi) is 4.27. The number of imidazole rings is 1. The van der Waals surface area contributed by atoms with Crippen LogP contribution in [0.4, 0.5) is 0 Å². The van der Waals surface area contributed by atoms with E-state index in [4.69, 9.17) is 0 Å². The molecule has 1 unspecified atom stereocenters. The molecule has 0 spiro atoms. The van der Waals surface area contributed by atoms with E-state index < -0.39 is 0 Å². The Morgan fingerprint density at radius 3 is 2.67 bits per heavy atom. The molecule has 0 saturated carbocycles. The zero-order chi connectivity index (χ0) is 14.7. The minimum Gasteiger partial charge on any atom is -0.333 e. The minimum absolute atomic E-state index is 0.373. The third-order valence-corrected chi connectivity index (χ3v) is 4.60. The molecule has 0 amide bonds. The Bertz CT molecular complexity index is 698. The smallest absolute Gasteiger partial charge is 0.171 e. The van der Waals surface area contributed by atoms with Gasteiger partial charge in [0.25, 0.3) is 0 Å². The number of benzene rings is 2. The summed E-state index contributed by atoms with van der Waals surface area (Å²) in [6, 6.07) is 17.0. The van der Waals surface area contributed by atoms with Crippen molar-refractivity contribution < 1.29 is 0 Å². The van der Waals surface area contributed by atoms with Gasteiger partial charge in [0.05, 0.1) is 11.0 Å². The Labute approximate surface area is 129 Å². The average molecular weight is 297 g/mol. The van der Waals surface area contributed by atoms with Crippen LogP contribution < -0.4 is 5.32 Å². The minimum atomic E-state index is 0.373. The molecule has 0 saturated heterocycles. The van der Waals surface area contributed by atoms with Crippen LogP contribution >= 0.6 is 11.8 Å². The Balaban J connectivity index is 1.94. The number of para-hydroxylation sites is 2. The molecule has 0 aliphatic rings. The molecule has 21 heavy (non-hydrogen) atoms. The number of rotatable bonds is 5. The largest absolute Gasteiger partial charge is 0.333 e. The van der Waals surface area contributed by atoms with E-state index in [0.29, 0.717) is 6.04 Å². The SMILES string of the molecule is CCC(NC)c1ccccc1Sc1nc2ccccc2[nH]1. The van der Waals surface area contributed by atoms with Gasteiger partial charge in [0.2, 0.25) is 0 Å². The first-order chi connectivity index (χ1) is 10.3. The molecule has 0 aliphatic carbocycles. The van der Waals surface area contributed by atoms with E-state index in [1.54, 1.807) is 11.8 Å². The van der Waals surface area contributed by atoms with Crippen LogP contribution in [0.1, 0.15) is 24.9 Å². The number of hydrogen-bond donors (Lipinski definition) is 2. The van der Waals surface area contributed by atoms with Crippen molar-refractivity contribution in [3.8, 4) is 0 Å². The molecule has 2 aromatic carbocycles. The normalized spacial score (nSPS) is 12.7. The number of fused-ring (bicyclic) bond motifs is 1. The van der Waals surface area contributed by atoms with E-state index in [1.807, 2.05) is 25.2 Å².